The largest absolute Gasteiger partial charge is 0.434 e. The fourth-order valence-electron chi connectivity index (χ4n) is 17.0. The van der Waals surface area contributed by atoms with Gasteiger partial charge in [-0.3, -0.25) is 19.2 Å². The second-order valence-corrected chi connectivity index (χ2v) is 41.1. The summed E-state index contributed by atoms with van der Waals surface area (Å²) in [7, 11) is -12.6. The van der Waals surface area contributed by atoms with Crippen LogP contribution in [-0.2, 0) is 64.7 Å². The number of sulfone groups is 4. The van der Waals surface area contributed by atoms with Crippen LogP contribution in [0.15, 0.2) is 146 Å². The van der Waals surface area contributed by atoms with Gasteiger partial charge in [-0.05, 0) is 112 Å². The molecule has 0 aliphatic carbocycles. The predicted molar refractivity (Wildman–Crippen MR) is 437 cm³/mol. The summed E-state index contributed by atoms with van der Waals surface area (Å²) < 4.78 is 272. The van der Waals surface area contributed by atoms with Crippen molar-refractivity contribution in [1.29, 1.82) is 0 Å². The van der Waals surface area contributed by atoms with Gasteiger partial charge in [0.25, 0.3) is 0 Å². The molecule has 8 aromatic rings. The van der Waals surface area contributed by atoms with Crippen molar-refractivity contribution in [2.24, 2.45) is 23.7 Å². The molecule has 8 saturated heterocycles. The van der Waals surface area contributed by atoms with Crippen molar-refractivity contribution in [3.05, 3.63) is 232 Å². The van der Waals surface area contributed by atoms with E-state index in [0.29, 0.717) is 50.6 Å². The van der Waals surface area contributed by atoms with Gasteiger partial charge < -0.3 is 39.2 Å². The quantitative estimate of drug-likeness (QED) is 0.103. The topological polar surface area (TPSA) is 295 Å². The van der Waals surface area contributed by atoms with Gasteiger partial charge in [0.1, 0.15) is 97.5 Å². The molecule has 126 heavy (non-hydrogen) atoms. The second kappa shape index (κ2) is 39.3. The van der Waals surface area contributed by atoms with E-state index >= 15 is 0 Å². The Morgan fingerprint density at radius 1 is 0.302 bits per heavy atom. The van der Waals surface area contributed by atoms with Crippen LogP contribution in [0.3, 0.4) is 0 Å². The summed E-state index contributed by atoms with van der Waals surface area (Å²) in [6.45, 7) is 2.95. The van der Waals surface area contributed by atoms with E-state index < -0.39 is 157 Å². The number of carbonyl (C=O) groups is 4. The molecule has 0 bridgehead atoms. The standard InChI is InChI=1S/C21H21F5N4O3S.2C21H22F3N3O3S.C21H23F2N3O3S/c22-15-3-1-2-14(19(15)23)16-12-29(18-11-27-17(10-28-18)21(24,25)26)6-7-30(16)20(31)13-4-8-34(32,33)9-5-13;22-15-1-3-17(18(24)11-15)19-13-26(20-4-2-16(23)12-25-20)7-8-27(19)21(28)14-5-9-31(29,30)10-6-14;22-15-4-5-19(25-12-15)26-8-9-27(21(28)14-6-10-31(29,30)11-7-14)18(13-26)16-2-1-3-17(23)20(16)24;22-16-4-5-17(18(23)13-16)19-14-25(20-3-1-2-8-24-20)9-10-26(19)21(27)15-6-11-30(28,29)12-7-15/h1-3,10-11,13,16H,4-9,12H2;1-4,11-12,14,19H,5-10,13H2;1-5,12,14,18H,6-11,13H2;1-5,8,13,15,19H,6-7,9-12,14H2. The lowest BCUT2D eigenvalue weighted by Crippen LogP contribution is -2.53. The fourth-order valence-corrected chi connectivity index (χ4v) is 22.9. The third-order valence-electron chi connectivity index (χ3n) is 23.9. The zero-order valence-electron chi connectivity index (χ0n) is 67.5. The highest BCUT2D eigenvalue weighted by molar-refractivity contribution is 7.92. The third-order valence-corrected chi connectivity index (χ3v) is 30.8. The Bertz CT molecular complexity index is 5710. The molecule has 12 heterocycles. The first-order valence-corrected chi connectivity index (χ1v) is 47.9. The highest BCUT2D eigenvalue weighted by Gasteiger charge is 2.45. The molecule has 0 spiro atoms. The molecule has 16 rings (SSSR count). The number of pyridine rings is 3. The summed E-state index contributed by atoms with van der Waals surface area (Å²) >= 11 is 0. The molecule has 4 aromatic heterocycles. The van der Waals surface area contributed by atoms with Gasteiger partial charge >= 0.3 is 6.18 Å². The van der Waals surface area contributed by atoms with Crippen molar-refractivity contribution in [2.45, 2.75) is 81.7 Å². The third kappa shape index (κ3) is 22.7. The van der Waals surface area contributed by atoms with Crippen LogP contribution in [-0.4, -0.2) is 226 Å². The molecule has 8 fully saturated rings. The molecule has 42 heteroatoms. The lowest BCUT2D eigenvalue weighted by Gasteiger charge is -2.43. The number of aromatic nitrogens is 5. The Balaban J connectivity index is 0.000000144. The van der Waals surface area contributed by atoms with Crippen LogP contribution in [0.5, 0.6) is 0 Å². The average molecular weight is 1850 g/mol. The lowest BCUT2D eigenvalue weighted by molar-refractivity contribution is -0.142. The number of amides is 4. The molecule has 676 valence electrons. The normalized spacial score (nSPS) is 21.8. The van der Waals surface area contributed by atoms with Crippen LogP contribution in [0.4, 0.5) is 80.3 Å². The van der Waals surface area contributed by atoms with Crippen molar-refractivity contribution >= 4 is 86.2 Å². The number of hydrogen-bond donors (Lipinski definition) is 0. The van der Waals surface area contributed by atoms with Gasteiger partial charge in [0.05, 0.1) is 95.0 Å². The minimum Gasteiger partial charge on any atom is -0.352 e. The van der Waals surface area contributed by atoms with Crippen molar-refractivity contribution < 1.29 is 110 Å². The minimum absolute atomic E-state index is 0.00706. The molecule has 4 atom stereocenters. The predicted octanol–water partition coefficient (Wildman–Crippen LogP) is 11.0. The van der Waals surface area contributed by atoms with Crippen molar-refractivity contribution in [2.75, 3.05) is 144 Å². The zero-order chi connectivity index (χ0) is 90.3. The van der Waals surface area contributed by atoms with E-state index in [2.05, 4.69) is 24.9 Å². The Morgan fingerprint density at radius 3 is 0.897 bits per heavy atom. The molecule has 0 N–H and O–H groups in total. The Labute approximate surface area is 718 Å². The summed E-state index contributed by atoms with van der Waals surface area (Å²) in [6, 6.07) is 22.0. The second-order valence-electron chi connectivity index (χ2n) is 31.9. The highest BCUT2D eigenvalue weighted by atomic mass is 32.2. The van der Waals surface area contributed by atoms with Gasteiger partial charge in [0.2, 0.25) is 23.6 Å². The zero-order valence-corrected chi connectivity index (χ0v) is 70.8. The van der Waals surface area contributed by atoms with Crippen LogP contribution in [0.1, 0.15) is 103 Å². The fraction of sp³-hybridized carbons (Fsp3) is 0.440. The van der Waals surface area contributed by atoms with Gasteiger partial charge in [-0.2, -0.15) is 13.2 Å². The number of halogens is 13. The maximum atomic E-state index is 14.7. The van der Waals surface area contributed by atoms with Crippen LogP contribution in [0.2, 0.25) is 0 Å². The van der Waals surface area contributed by atoms with Crippen LogP contribution in [0.25, 0.3) is 0 Å². The molecule has 8 aliphatic rings. The molecule has 4 unspecified atom stereocenters. The number of hydrogen-bond acceptors (Lipinski definition) is 21. The van der Waals surface area contributed by atoms with Crippen LogP contribution < -0.4 is 19.6 Å². The summed E-state index contributed by atoms with van der Waals surface area (Å²) in [6.07, 6.45) is 2.47. The summed E-state index contributed by atoms with van der Waals surface area (Å²) in [5, 5.41) is 0. The number of nitrogens with zero attached hydrogens (tertiary/aromatic N) is 13. The Morgan fingerprint density at radius 2 is 0.611 bits per heavy atom. The SMILES string of the molecule is O=C(C1CCS(=O)(=O)CC1)N1CCN(c2ccc(F)cn2)CC1c1ccc(F)cc1F.O=C(C1CCS(=O)(=O)CC1)N1CCN(c2ccc(F)cn2)CC1c1cccc(F)c1F.O=C(C1CCS(=O)(=O)CC1)N1CCN(c2ccccn2)CC1c1ccc(F)cc1F.O=C(C1CCS(=O)(=O)CC1)N1CCN(c2cnc(C(F)(F)F)cn2)CC1c1cccc(F)c1F. The van der Waals surface area contributed by atoms with E-state index in [-0.39, 0.29) is 195 Å². The molecule has 8 aliphatic heterocycles. The minimum atomic E-state index is -4.66. The van der Waals surface area contributed by atoms with E-state index in [1.807, 2.05) is 21.9 Å². The van der Waals surface area contributed by atoms with E-state index in [0.717, 1.165) is 54.7 Å². The number of anilines is 4. The number of rotatable bonds is 12. The van der Waals surface area contributed by atoms with Crippen molar-refractivity contribution in [1.82, 2.24) is 44.5 Å². The van der Waals surface area contributed by atoms with Crippen molar-refractivity contribution in [3.8, 4) is 0 Å². The summed E-state index contributed by atoms with van der Waals surface area (Å²) in [5.74, 6) is -9.65. The van der Waals surface area contributed by atoms with Gasteiger partial charge in [0, 0.05) is 143 Å². The first kappa shape index (κ1) is 93.0. The summed E-state index contributed by atoms with van der Waals surface area (Å²) in [5.41, 5.74) is -0.784. The van der Waals surface area contributed by atoms with E-state index in [1.54, 1.807) is 31.9 Å². The smallest absolute Gasteiger partial charge is 0.352 e. The number of piperazine rings is 4. The average Bonchev–Trinajstić information content (AvgIpc) is 0.783. The van der Waals surface area contributed by atoms with Gasteiger partial charge in [-0.25, -0.2) is 102 Å². The Kier molecular flexibility index (Phi) is 29.0. The van der Waals surface area contributed by atoms with Gasteiger partial charge in [-0.15, -0.1) is 0 Å². The molecule has 4 aromatic carbocycles. The lowest BCUT2D eigenvalue weighted by atomic mass is 9.96. The first-order valence-electron chi connectivity index (χ1n) is 40.6. The summed E-state index contributed by atoms with van der Waals surface area (Å²) in [4.78, 5) is 86.0. The van der Waals surface area contributed by atoms with E-state index in [9.17, 15) is 110 Å². The number of benzene rings is 4. The molecule has 25 nitrogen and oxygen atoms in total. The molecule has 4 amide bonds. The number of carbonyl (C=O) groups excluding carboxylic acids is 4. The van der Waals surface area contributed by atoms with Crippen LogP contribution in [0, 0.1) is 81.8 Å². The van der Waals surface area contributed by atoms with Crippen LogP contribution >= 0.6 is 0 Å². The molecular formula is C84H88F13N13O12S4. The molecule has 0 radical (unpaired) electrons. The maximum absolute atomic E-state index is 14.7. The monoisotopic (exact) mass is 1850 g/mol. The van der Waals surface area contributed by atoms with Crippen molar-refractivity contribution in [3.63, 3.8) is 0 Å². The number of alkyl halides is 3. The first-order chi connectivity index (χ1) is 59.8. The maximum Gasteiger partial charge on any atom is 0.434 e. The van der Waals surface area contributed by atoms with E-state index in [1.165, 1.54) is 76.5 Å². The van der Waals surface area contributed by atoms with Gasteiger partial charge in [-0.1, -0.05) is 42.5 Å². The van der Waals surface area contributed by atoms with Gasteiger partial charge in [0.15, 0.2) is 29.0 Å². The molecular weight excluding hydrogens is 1760 g/mol. The molecule has 0 saturated carbocycles. The van der Waals surface area contributed by atoms with E-state index in [4.69, 9.17) is 0 Å². The highest BCUT2D eigenvalue weighted by Crippen LogP contribution is 2.40. The Hall–Kier alpha value is -10.6.